The van der Waals surface area contributed by atoms with Crippen LogP contribution >= 0.6 is 0 Å². The number of benzene rings is 1. The van der Waals surface area contributed by atoms with Crippen LogP contribution in [0.15, 0.2) is 23.1 Å². The molecule has 0 bridgehead atoms. The summed E-state index contributed by atoms with van der Waals surface area (Å²) in [6.07, 6.45) is 0. The molecule has 0 saturated heterocycles. The van der Waals surface area contributed by atoms with E-state index in [4.69, 9.17) is 4.74 Å². The summed E-state index contributed by atoms with van der Waals surface area (Å²) < 4.78 is 26.0. The van der Waals surface area contributed by atoms with E-state index in [9.17, 15) is 18.7 Å². The van der Waals surface area contributed by atoms with Crippen LogP contribution in [0.4, 0.5) is 0 Å². The van der Waals surface area contributed by atoms with Crippen LogP contribution in [0.3, 0.4) is 0 Å². The maximum absolute atomic E-state index is 10.6. The number of carbonyl (C=O) groups excluding carboxylic acids is 1. The molecular weight excluding hydrogens is 254 g/mol. The largest absolute Gasteiger partial charge is 1.00 e. The fraction of sp³-hybridized carbons (Fsp3) is 0.125. The van der Waals surface area contributed by atoms with Crippen LogP contribution < -0.4 is 69.0 Å². The van der Waals surface area contributed by atoms with Crippen LogP contribution in [0.2, 0.25) is 0 Å². The molecule has 5 nitrogen and oxygen atoms in total. The van der Waals surface area contributed by atoms with Gasteiger partial charge >= 0.3 is 59.1 Å². The van der Waals surface area contributed by atoms with Gasteiger partial charge in [0.1, 0.15) is 5.75 Å². The Morgan fingerprint density at radius 2 is 1.94 bits per heavy atom. The first-order valence-electron chi connectivity index (χ1n) is 3.55. The Morgan fingerprint density at radius 1 is 1.38 bits per heavy atom. The molecule has 0 aliphatic rings. The first-order valence-corrected chi connectivity index (χ1v) is 4.62. The SMILES string of the molecule is COc1cc(C(=O)[O-])ccc1S(=O)[O-].[Na+].[Na+]. The maximum atomic E-state index is 10.6. The smallest absolute Gasteiger partial charge is 0.768 e. The number of methoxy groups -OCH3 is 1. The van der Waals surface area contributed by atoms with Gasteiger partial charge in [-0.1, -0.05) is 6.07 Å². The fourth-order valence-electron chi connectivity index (χ4n) is 0.932. The van der Waals surface area contributed by atoms with Crippen LogP contribution in [-0.4, -0.2) is 21.8 Å². The van der Waals surface area contributed by atoms with Crippen molar-refractivity contribution in [2.45, 2.75) is 4.90 Å². The Balaban J connectivity index is 0. The molecule has 1 rings (SSSR count). The van der Waals surface area contributed by atoms with E-state index in [1.165, 1.54) is 7.11 Å². The van der Waals surface area contributed by atoms with Gasteiger partial charge < -0.3 is 19.2 Å². The molecule has 0 fully saturated rings. The molecule has 1 atom stereocenters. The minimum Gasteiger partial charge on any atom is -0.768 e. The number of rotatable bonds is 3. The van der Waals surface area contributed by atoms with Crippen LogP contribution in [-0.2, 0) is 11.1 Å². The normalized spacial score (nSPS) is 10.6. The Bertz CT molecular complexity index is 396. The summed E-state index contributed by atoms with van der Waals surface area (Å²) in [5, 5.41) is 10.4. The molecule has 0 amide bonds. The van der Waals surface area contributed by atoms with Crippen molar-refractivity contribution in [1.82, 2.24) is 0 Å². The molecule has 0 aromatic heterocycles. The second kappa shape index (κ2) is 8.66. The molecule has 1 unspecified atom stereocenters. The summed E-state index contributed by atoms with van der Waals surface area (Å²) in [4.78, 5) is 10.3. The number of carbonyl (C=O) groups is 1. The zero-order chi connectivity index (χ0) is 10.7. The first kappa shape index (κ1) is 19.0. The second-order valence-electron chi connectivity index (χ2n) is 2.39. The zero-order valence-corrected chi connectivity index (χ0v) is 14.0. The summed E-state index contributed by atoms with van der Waals surface area (Å²) in [5.41, 5.74) is -0.129. The van der Waals surface area contributed by atoms with E-state index in [1.807, 2.05) is 0 Å². The van der Waals surface area contributed by atoms with Crippen molar-refractivity contribution in [3.63, 3.8) is 0 Å². The maximum Gasteiger partial charge on any atom is 1.00 e. The van der Waals surface area contributed by atoms with Gasteiger partial charge in [0, 0.05) is 5.56 Å². The number of hydrogen-bond acceptors (Lipinski definition) is 5. The van der Waals surface area contributed by atoms with Gasteiger partial charge in [0.2, 0.25) is 0 Å². The molecule has 16 heavy (non-hydrogen) atoms. The van der Waals surface area contributed by atoms with E-state index in [1.54, 1.807) is 0 Å². The van der Waals surface area contributed by atoms with Gasteiger partial charge in [-0.15, -0.1) is 0 Å². The van der Waals surface area contributed by atoms with Gasteiger partial charge in [-0.05, 0) is 23.2 Å². The van der Waals surface area contributed by atoms with Gasteiger partial charge in [-0.25, -0.2) is 0 Å². The average Bonchev–Trinajstić information content (AvgIpc) is 2.16. The summed E-state index contributed by atoms with van der Waals surface area (Å²) >= 11 is -2.45. The Kier molecular flexibility index (Phi) is 10.3. The number of hydrogen-bond donors (Lipinski definition) is 0. The van der Waals surface area contributed by atoms with E-state index in [2.05, 4.69) is 0 Å². The molecule has 0 spiro atoms. The standard InChI is InChI=1S/C8H8O5S.2Na/c1-13-6-4-5(8(9)10)2-3-7(6)14(11)12;;/h2-4H,1H3,(H,9,10)(H,11,12);;/q;2*+1/p-2. The van der Waals surface area contributed by atoms with Crippen molar-refractivity contribution in [3.05, 3.63) is 23.8 Å². The summed E-state index contributed by atoms with van der Waals surface area (Å²) in [7, 11) is 1.25. The van der Waals surface area contributed by atoms with Crippen molar-refractivity contribution in [2.24, 2.45) is 0 Å². The van der Waals surface area contributed by atoms with Crippen LogP contribution in [0.1, 0.15) is 10.4 Å². The molecule has 76 valence electrons. The summed E-state index contributed by atoms with van der Waals surface area (Å²) in [6.45, 7) is 0. The third-order valence-electron chi connectivity index (χ3n) is 1.58. The van der Waals surface area contributed by atoms with E-state index < -0.39 is 17.0 Å². The van der Waals surface area contributed by atoms with E-state index in [-0.39, 0.29) is 75.3 Å². The predicted molar refractivity (Wildman–Crippen MR) is 44.5 cm³/mol. The molecule has 1 aromatic rings. The number of carboxylic acid groups (broad SMARTS) is 1. The van der Waals surface area contributed by atoms with Crippen molar-refractivity contribution in [2.75, 3.05) is 7.11 Å². The quantitative estimate of drug-likeness (QED) is 0.398. The minimum absolute atomic E-state index is 0. The van der Waals surface area contributed by atoms with E-state index in [0.717, 1.165) is 18.2 Å². The minimum atomic E-state index is -2.45. The van der Waals surface area contributed by atoms with Gasteiger partial charge in [0.25, 0.3) is 0 Å². The van der Waals surface area contributed by atoms with Gasteiger partial charge in [0.15, 0.2) is 0 Å². The number of carboxylic acids is 1. The van der Waals surface area contributed by atoms with Gasteiger partial charge in [-0.2, -0.15) is 0 Å². The molecule has 1 aromatic carbocycles. The van der Waals surface area contributed by atoms with Gasteiger partial charge in [-0.3, -0.25) is 4.21 Å². The molecule has 0 aliphatic heterocycles. The second-order valence-corrected chi connectivity index (χ2v) is 3.30. The molecule has 0 aliphatic carbocycles. The summed E-state index contributed by atoms with van der Waals surface area (Å²) in [5.74, 6) is -1.40. The molecular formula is C8H6Na2O5S. The van der Waals surface area contributed by atoms with Crippen molar-refractivity contribution < 1.29 is 82.5 Å². The monoisotopic (exact) mass is 260 g/mol. The topological polar surface area (TPSA) is 89.5 Å². The molecule has 0 heterocycles. The third-order valence-corrected chi connectivity index (χ3v) is 2.28. The van der Waals surface area contributed by atoms with Crippen LogP contribution in [0.5, 0.6) is 5.75 Å². The zero-order valence-electron chi connectivity index (χ0n) is 9.18. The third kappa shape index (κ3) is 4.85. The van der Waals surface area contributed by atoms with Crippen LogP contribution in [0, 0.1) is 0 Å². The average molecular weight is 260 g/mol. The van der Waals surface area contributed by atoms with Gasteiger partial charge in [0.05, 0.1) is 18.0 Å². The predicted octanol–water partition coefficient (Wildman–Crippen LogP) is -6.70. The molecule has 0 radical (unpaired) electrons. The first-order chi connectivity index (χ1) is 6.56. The Hall–Kier alpha value is 0.600. The van der Waals surface area contributed by atoms with Crippen molar-refractivity contribution in [1.29, 1.82) is 0 Å². The summed E-state index contributed by atoms with van der Waals surface area (Å²) in [6, 6.07) is 3.39. The van der Waals surface area contributed by atoms with Crippen LogP contribution in [0.25, 0.3) is 0 Å². The fourth-order valence-corrected chi connectivity index (χ4v) is 1.42. The van der Waals surface area contributed by atoms with E-state index in [0.29, 0.717) is 0 Å². The Labute approximate surface area is 139 Å². The van der Waals surface area contributed by atoms with Crippen molar-refractivity contribution >= 4 is 17.0 Å². The molecule has 0 saturated carbocycles. The Morgan fingerprint density at radius 3 is 2.31 bits per heavy atom. The molecule has 0 N–H and O–H groups in total. The number of aromatic carboxylic acids is 1. The van der Waals surface area contributed by atoms with E-state index >= 15 is 0 Å². The number of ether oxygens (including phenoxy) is 1. The molecule has 8 heteroatoms. The van der Waals surface area contributed by atoms with Crippen molar-refractivity contribution in [3.8, 4) is 5.75 Å².